The fourth-order valence-electron chi connectivity index (χ4n) is 1.65. The van der Waals surface area contributed by atoms with Crippen LogP contribution in [0.15, 0.2) is 22.0 Å². The van der Waals surface area contributed by atoms with Crippen molar-refractivity contribution in [2.24, 2.45) is 0 Å². The first kappa shape index (κ1) is 13.2. The maximum atomic E-state index is 9.01. The lowest BCUT2D eigenvalue weighted by Gasteiger charge is -2.23. The number of aliphatic hydroxyl groups is 1. The maximum Gasteiger partial charge on any atom is 0.268 e. The highest BCUT2D eigenvalue weighted by atomic mass is 32.1. The minimum absolute atomic E-state index is 0.133. The lowest BCUT2D eigenvalue weighted by Crippen LogP contribution is -2.33. The van der Waals surface area contributed by atoms with Crippen LogP contribution in [0.4, 0.5) is 0 Å². The molecule has 0 unspecified atom stereocenters. The molecule has 0 radical (unpaired) electrons. The summed E-state index contributed by atoms with van der Waals surface area (Å²) < 4.78 is 5.23. The average molecular weight is 267 g/mol. The van der Waals surface area contributed by atoms with Crippen LogP contribution in [0.2, 0.25) is 0 Å². The number of hydrogen-bond donors (Lipinski definition) is 1. The Hall–Kier alpha value is -1.24. The first-order valence-electron chi connectivity index (χ1n) is 5.92. The monoisotopic (exact) mass is 267 g/mol. The Morgan fingerprint density at radius 1 is 1.50 bits per heavy atom. The Balaban J connectivity index is 2.06. The van der Waals surface area contributed by atoms with Gasteiger partial charge in [-0.2, -0.15) is 4.98 Å². The second-order valence-corrected chi connectivity index (χ2v) is 5.23. The van der Waals surface area contributed by atoms with Gasteiger partial charge in [0.15, 0.2) is 5.82 Å². The molecule has 0 saturated carbocycles. The molecule has 5 nitrogen and oxygen atoms in total. The third kappa shape index (κ3) is 3.16. The van der Waals surface area contributed by atoms with Gasteiger partial charge in [-0.15, -0.1) is 11.3 Å². The smallest absolute Gasteiger partial charge is 0.268 e. The normalized spacial score (nSPS) is 11.6. The molecule has 0 saturated heterocycles. The fraction of sp³-hybridized carbons (Fsp3) is 0.500. The number of hydrogen-bond acceptors (Lipinski definition) is 6. The summed E-state index contributed by atoms with van der Waals surface area (Å²) >= 11 is 1.57. The molecule has 6 heteroatoms. The van der Waals surface area contributed by atoms with Gasteiger partial charge in [0.2, 0.25) is 0 Å². The van der Waals surface area contributed by atoms with Crippen LogP contribution in [-0.2, 0) is 6.54 Å². The van der Waals surface area contributed by atoms with Gasteiger partial charge >= 0.3 is 0 Å². The van der Waals surface area contributed by atoms with Crippen molar-refractivity contribution in [3.05, 3.63) is 23.3 Å². The Morgan fingerprint density at radius 2 is 2.33 bits per heavy atom. The average Bonchev–Trinajstić information content (AvgIpc) is 2.98. The molecule has 0 amide bonds. The minimum atomic E-state index is 0.133. The van der Waals surface area contributed by atoms with Crippen LogP contribution in [0.5, 0.6) is 0 Å². The molecule has 0 fully saturated rings. The van der Waals surface area contributed by atoms with E-state index in [1.54, 1.807) is 11.3 Å². The topological polar surface area (TPSA) is 62.4 Å². The molecular weight excluding hydrogens is 250 g/mol. The van der Waals surface area contributed by atoms with Crippen molar-refractivity contribution in [3.8, 4) is 10.8 Å². The second-order valence-electron chi connectivity index (χ2n) is 4.28. The summed E-state index contributed by atoms with van der Waals surface area (Å²) in [6.45, 7) is 5.49. The Bertz CT molecular complexity index is 467. The molecule has 0 aliphatic heterocycles. The largest absolute Gasteiger partial charge is 0.395 e. The van der Waals surface area contributed by atoms with Crippen LogP contribution < -0.4 is 0 Å². The van der Waals surface area contributed by atoms with E-state index in [-0.39, 0.29) is 6.61 Å². The molecule has 0 bridgehead atoms. The van der Waals surface area contributed by atoms with E-state index in [9.17, 15) is 0 Å². The number of nitrogens with zero attached hydrogens (tertiary/aromatic N) is 3. The molecule has 0 aromatic carbocycles. The minimum Gasteiger partial charge on any atom is -0.395 e. The number of rotatable bonds is 6. The number of aliphatic hydroxyl groups excluding tert-OH is 1. The summed E-state index contributed by atoms with van der Waals surface area (Å²) in [6, 6.07) is 4.24. The van der Waals surface area contributed by atoms with Crippen LogP contribution in [0, 0.1) is 0 Å². The third-order valence-electron chi connectivity index (χ3n) is 2.66. The fourth-order valence-corrected chi connectivity index (χ4v) is 2.29. The van der Waals surface area contributed by atoms with Gasteiger partial charge in [-0.1, -0.05) is 11.2 Å². The summed E-state index contributed by atoms with van der Waals surface area (Å²) in [5.74, 6) is 1.22. The Labute approximate surface area is 110 Å². The molecule has 2 aromatic heterocycles. The predicted octanol–water partition coefficient (Wildman–Crippen LogP) is 2.00. The molecule has 2 heterocycles. The highest BCUT2D eigenvalue weighted by molar-refractivity contribution is 7.13. The number of thiophene rings is 1. The Morgan fingerprint density at radius 3 is 2.94 bits per heavy atom. The first-order chi connectivity index (χ1) is 8.70. The van der Waals surface area contributed by atoms with Gasteiger partial charge in [0.1, 0.15) is 0 Å². The van der Waals surface area contributed by atoms with Crippen molar-refractivity contribution in [2.45, 2.75) is 26.4 Å². The molecule has 0 aliphatic carbocycles. The zero-order valence-electron chi connectivity index (χ0n) is 10.5. The molecule has 1 N–H and O–H groups in total. The van der Waals surface area contributed by atoms with E-state index in [0.717, 1.165) is 4.88 Å². The van der Waals surface area contributed by atoms with Crippen LogP contribution >= 0.6 is 11.3 Å². The van der Waals surface area contributed by atoms with Crippen LogP contribution in [-0.4, -0.2) is 39.3 Å². The summed E-state index contributed by atoms with van der Waals surface area (Å²) in [4.78, 5) is 7.45. The molecule has 2 aromatic rings. The summed E-state index contributed by atoms with van der Waals surface area (Å²) in [5, 5.41) is 15.0. The summed E-state index contributed by atoms with van der Waals surface area (Å²) in [5.41, 5.74) is 0. The third-order valence-corrected chi connectivity index (χ3v) is 3.52. The zero-order valence-corrected chi connectivity index (χ0v) is 11.4. The molecule has 0 atom stereocenters. The van der Waals surface area contributed by atoms with Gasteiger partial charge in [0, 0.05) is 12.6 Å². The lowest BCUT2D eigenvalue weighted by molar-refractivity contribution is 0.155. The summed E-state index contributed by atoms with van der Waals surface area (Å²) in [6.07, 6.45) is 0. The van der Waals surface area contributed by atoms with E-state index in [0.29, 0.717) is 30.8 Å². The SMILES string of the molecule is CC(C)N(CCO)Cc1noc(-c2cccs2)n1. The van der Waals surface area contributed by atoms with Gasteiger partial charge in [-0.05, 0) is 25.3 Å². The molecule has 98 valence electrons. The van der Waals surface area contributed by atoms with Gasteiger partial charge < -0.3 is 9.63 Å². The first-order valence-corrected chi connectivity index (χ1v) is 6.80. The van der Waals surface area contributed by atoms with Crippen molar-refractivity contribution in [2.75, 3.05) is 13.2 Å². The lowest BCUT2D eigenvalue weighted by atomic mass is 10.3. The van der Waals surface area contributed by atoms with Crippen molar-refractivity contribution < 1.29 is 9.63 Å². The van der Waals surface area contributed by atoms with E-state index in [4.69, 9.17) is 9.63 Å². The van der Waals surface area contributed by atoms with Crippen molar-refractivity contribution in [1.82, 2.24) is 15.0 Å². The van der Waals surface area contributed by atoms with Crippen LogP contribution in [0.3, 0.4) is 0 Å². The van der Waals surface area contributed by atoms with Gasteiger partial charge in [-0.25, -0.2) is 0 Å². The van der Waals surface area contributed by atoms with E-state index in [1.165, 1.54) is 0 Å². The summed E-state index contributed by atoms with van der Waals surface area (Å²) in [7, 11) is 0. The molecular formula is C12H17N3O2S. The van der Waals surface area contributed by atoms with E-state index < -0.39 is 0 Å². The highest BCUT2D eigenvalue weighted by Crippen LogP contribution is 2.22. The zero-order chi connectivity index (χ0) is 13.0. The van der Waals surface area contributed by atoms with E-state index in [2.05, 4.69) is 28.9 Å². The highest BCUT2D eigenvalue weighted by Gasteiger charge is 2.15. The predicted molar refractivity (Wildman–Crippen MR) is 70.2 cm³/mol. The Kier molecular flexibility index (Phi) is 4.46. The number of aromatic nitrogens is 2. The van der Waals surface area contributed by atoms with Crippen molar-refractivity contribution in [3.63, 3.8) is 0 Å². The van der Waals surface area contributed by atoms with E-state index in [1.807, 2.05) is 17.5 Å². The molecule has 2 rings (SSSR count). The second kappa shape index (κ2) is 6.08. The maximum absolute atomic E-state index is 9.01. The van der Waals surface area contributed by atoms with Gasteiger partial charge in [-0.3, -0.25) is 4.90 Å². The van der Waals surface area contributed by atoms with E-state index >= 15 is 0 Å². The quantitative estimate of drug-likeness (QED) is 0.867. The van der Waals surface area contributed by atoms with Gasteiger partial charge in [0.05, 0.1) is 18.0 Å². The standard InChI is InChI=1S/C12H17N3O2S/c1-9(2)15(5-6-16)8-11-13-12(17-14-11)10-4-3-7-18-10/h3-4,7,9,16H,5-6,8H2,1-2H3. The molecule has 18 heavy (non-hydrogen) atoms. The van der Waals surface area contributed by atoms with Crippen LogP contribution in [0.1, 0.15) is 19.7 Å². The molecule has 0 spiro atoms. The van der Waals surface area contributed by atoms with Crippen molar-refractivity contribution in [1.29, 1.82) is 0 Å². The van der Waals surface area contributed by atoms with Crippen molar-refractivity contribution >= 4 is 11.3 Å². The molecule has 0 aliphatic rings. The van der Waals surface area contributed by atoms with Crippen LogP contribution in [0.25, 0.3) is 10.8 Å². The van der Waals surface area contributed by atoms with Gasteiger partial charge in [0.25, 0.3) is 5.89 Å².